The Hall–Kier alpha value is -3.27. The van der Waals surface area contributed by atoms with E-state index in [1.54, 1.807) is 0 Å². The molecule has 1 unspecified atom stereocenters. The minimum absolute atomic E-state index is 0.00578. The number of amides is 2. The molecule has 0 aliphatic carbocycles. The molecule has 1 aliphatic heterocycles. The summed E-state index contributed by atoms with van der Waals surface area (Å²) in [7, 11) is 0. The van der Waals surface area contributed by atoms with Crippen molar-refractivity contribution in [3.63, 3.8) is 0 Å². The number of thiophene rings is 1. The molecule has 148 valence electrons. The van der Waals surface area contributed by atoms with Crippen LogP contribution in [0.1, 0.15) is 26.4 Å². The van der Waals surface area contributed by atoms with E-state index < -0.39 is 24.2 Å². The van der Waals surface area contributed by atoms with Crippen molar-refractivity contribution in [2.45, 2.75) is 25.6 Å². The van der Waals surface area contributed by atoms with Gasteiger partial charge in [0.15, 0.2) is 0 Å². The number of carbonyl (C=O) groups excluding carboxylic acids is 1. The Kier molecular flexibility index (Phi) is 5.69. The van der Waals surface area contributed by atoms with Crippen molar-refractivity contribution in [1.29, 1.82) is 0 Å². The van der Waals surface area contributed by atoms with Crippen LogP contribution in [0, 0.1) is 0 Å². The van der Waals surface area contributed by atoms with Gasteiger partial charge in [-0.1, -0.05) is 30.3 Å². The maximum absolute atomic E-state index is 11.9. The maximum Gasteiger partial charge on any atom is 0.407 e. The molecule has 2 amide bonds. The lowest BCUT2D eigenvalue weighted by Crippen LogP contribution is -2.49. The van der Waals surface area contributed by atoms with E-state index in [4.69, 9.17) is 10.5 Å². The van der Waals surface area contributed by atoms with E-state index in [0.29, 0.717) is 10.4 Å². The zero-order valence-electron chi connectivity index (χ0n) is 14.8. The molecule has 1 aromatic carbocycles. The molecule has 9 nitrogen and oxygen atoms in total. The molecule has 2 aromatic rings. The van der Waals surface area contributed by atoms with Crippen molar-refractivity contribution in [1.82, 2.24) is 10.2 Å². The van der Waals surface area contributed by atoms with E-state index in [1.807, 2.05) is 30.3 Å². The van der Waals surface area contributed by atoms with Crippen LogP contribution >= 0.6 is 11.3 Å². The normalized spacial score (nSPS) is 15.6. The predicted molar refractivity (Wildman–Crippen MR) is 101 cm³/mol. The molecule has 0 fully saturated rings. The van der Waals surface area contributed by atoms with E-state index in [9.17, 15) is 24.6 Å². The standard InChI is InChI=1S/C18H19N3O6S/c19-15-14(16(22)23)12-6-11(21(18(25)26)8-13(12)28-15)7-20-17(24)27-9-10-4-2-1-3-5-10/h1-5,11H,6-9,19H2,(H,20,24)(H,22,23)(H,25,26). The number of carboxylic acids is 1. The number of fused-ring (bicyclic) bond motifs is 1. The van der Waals surface area contributed by atoms with Crippen LogP contribution in [0.5, 0.6) is 0 Å². The Labute approximate surface area is 164 Å². The molecule has 0 saturated carbocycles. The molecule has 10 heteroatoms. The zero-order chi connectivity index (χ0) is 20.3. The molecule has 0 spiro atoms. The monoisotopic (exact) mass is 405 g/mol. The van der Waals surface area contributed by atoms with Gasteiger partial charge in [-0.15, -0.1) is 11.3 Å². The number of hydrogen-bond donors (Lipinski definition) is 4. The minimum Gasteiger partial charge on any atom is -0.478 e. The highest BCUT2D eigenvalue weighted by atomic mass is 32.1. The number of hydrogen-bond acceptors (Lipinski definition) is 6. The Morgan fingerprint density at radius 2 is 1.96 bits per heavy atom. The number of alkyl carbamates (subject to hydrolysis) is 1. The third kappa shape index (κ3) is 4.17. The molecule has 0 saturated heterocycles. The fourth-order valence-corrected chi connectivity index (χ4v) is 4.21. The molecule has 1 aromatic heterocycles. The molecular weight excluding hydrogens is 386 g/mol. The topological polar surface area (TPSA) is 142 Å². The molecule has 5 N–H and O–H groups in total. The van der Waals surface area contributed by atoms with Gasteiger partial charge in [0.1, 0.15) is 11.6 Å². The first-order chi connectivity index (χ1) is 13.4. The number of nitrogens with one attached hydrogen (secondary N) is 1. The van der Waals surface area contributed by atoms with Crippen molar-refractivity contribution >= 4 is 34.5 Å². The summed E-state index contributed by atoms with van der Waals surface area (Å²) in [6.07, 6.45) is -1.68. The van der Waals surface area contributed by atoms with Crippen LogP contribution in [0.2, 0.25) is 0 Å². The van der Waals surface area contributed by atoms with Crippen molar-refractivity contribution < 1.29 is 29.3 Å². The number of rotatable bonds is 5. The van der Waals surface area contributed by atoms with Crippen molar-refractivity contribution in [2.75, 3.05) is 12.3 Å². The molecule has 0 bridgehead atoms. The lowest BCUT2D eigenvalue weighted by Gasteiger charge is -2.33. The van der Waals surface area contributed by atoms with E-state index in [1.165, 1.54) is 4.90 Å². The van der Waals surface area contributed by atoms with Crippen LogP contribution in [0.4, 0.5) is 14.6 Å². The Balaban J connectivity index is 1.65. The Morgan fingerprint density at radius 1 is 1.25 bits per heavy atom. The SMILES string of the molecule is Nc1sc2c(c1C(=O)O)CC(CNC(=O)OCc1ccccc1)N(C(=O)O)C2. The number of anilines is 1. The number of aromatic carboxylic acids is 1. The number of carboxylic acid groups (broad SMARTS) is 2. The highest BCUT2D eigenvalue weighted by Gasteiger charge is 2.35. The molecule has 3 rings (SSSR count). The second kappa shape index (κ2) is 8.17. The van der Waals surface area contributed by atoms with Gasteiger partial charge in [-0.25, -0.2) is 14.4 Å². The first kappa shape index (κ1) is 19.5. The fraction of sp³-hybridized carbons (Fsp3) is 0.278. The van der Waals surface area contributed by atoms with Crippen LogP contribution in [0.15, 0.2) is 30.3 Å². The second-order valence-corrected chi connectivity index (χ2v) is 7.40. The summed E-state index contributed by atoms with van der Waals surface area (Å²) >= 11 is 1.08. The third-order valence-electron chi connectivity index (χ3n) is 4.47. The summed E-state index contributed by atoms with van der Waals surface area (Å²) in [6.45, 7) is 0.112. The van der Waals surface area contributed by atoms with Gasteiger partial charge in [-0.3, -0.25) is 4.90 Å². The zero-order valence-corrected chi connectivity index (χ0v) is 15.6. The first-order valence-electron chi connectivity index (χ1n) is 8.44. The summed E-state index contributed by atoms with van der Waals surface area (Å²) in [5.41, 5.74) is 7.15. The lowest BCUT2D eigenvalue weighted by atomic mass is 9.96. The second-order valence-electron chi connectivity index (χ2n) is 6.26. The molecule has 1 aliphatic rings. The van der Waals surface area contributed by atoms with E-state index in [0.717, 1.165) is 16.9 Å². The van der Waals surface area contributed by atoms with Crippen molar-refractivity contribution in [2.24, 2.45) is 0 Å². The highest BCUT2D eigenvalue weighted by Crippen LogP contribution is 2.36. The van der Waals surface area contributed by atoms with Gasteiger partial charge >= 0.3 is 18.2 Å². The molecule has 28 heavy (non-hydrogen) atoms. The van der Waals surface area contributed by atoms with Crippen LogP contribution in [0.25, 0.3) is 0 Å². The van der Waals surface area contributed by atoms with Gasteiger partial charge in [-0.05, 0) is 17.5 Å². The largest absolute Gasteiger partial charge is 0.478 e. The summed E-state index contributed by atoms with van der Waals surface area (Å²) in [6, 6.07) is 8.51. The summed E-state index contributed by atoms with van der Waals surface area (Å²) in [5, 5.41) is 21.6. The smallest absolute Gasteiger partial charge is 0.407 e. The molecule has 1 atom stereocenters. The van der Waals surface area contributed by atoms with Crippen LogP contribution < -0.4 is 11.1 Å². The average molecular weight is 405 g/mol. The fourth-order valence-electron chi connectivity index (χ4n) is 3.12. The van der Waals surface area contributed by atoms with Crippen LogP contribution in [-0.2, 0) is 24.3 Å². The van der Waals surface area contributed by atoms with Gasteiger partial charge in [-0.2, -0.15) is 0 Å². The number of ether oxygens (including phenoxy) is 1. The summed E-state index contributed by atoms with van der Waals surface area (Å²) in [5.74, 6) is -1.15. The number of nitrogens with zero attached hydrogens (tertiary/aromatic N) is 1. The van der Waals surface area contributed by atoms with Gasteiger partial charge in [0.25, 0.3) is 0 Å². The van der Waals surface area contributed by atoms with E-state index in [-0.39, 0.29) is 36.7 Å². The summed E-state index contributed by atoms with van der Waals surface area (Å²) in [4.78, 5) is 36.8. The van der Waals surface area contributed by atoms with Crippen molar-refractivity contribution in [3.05, 3.63) is 51.9 Å². The molecule has 2 heterocycles. The maximum atomic E-state index is 11.9. The quantitative estimate of drug-likeness (QED) is 0.598. The minimum atomic E-state index is -1.15. The van der Waals surface area contributed by atoms with Crippen molar-refractivity contribution in [3.8, 4) is 0 Å². The van der Waals surface area contributed by atoms with Gasteiger partial charge < -0.3 is 26.0 Å². The molecule has 0 radical (unpaired) electrons. The van der Waals surface area contributed by atoms with Gasteiger partial charge in [0.05, 0.1) is 18.2 Å². The lowest BCUT2D eigenvalue weighted by molar-refractivity contribution is 0.0695. The Bertz CT molecular complexity index is 898. The number of benzene rings is 1. The van der Waals surface area contributed by atoms with E-state index >= 15 is 0 Å². The highest BCUT2D eigenvalue weighted by molar-refractivity contribution is 7.16. The first-order valence-corrected chi connectivity index (χ1v) is 9.26. The third-order valence-corrected chi connectivity index (χ3v) is 5.51. The molecular formula is C18H19N3O6S. The van der Waals surface area contributed by atoms with Gasteiger partial charge in [0.2, 0.25) is 0 Å². The predicted octanol–water partition coefficient (Wildman–Crippen LogP) is 2.36. The number of nitrogens with two attached hydrogens (primary N) is 1. The van der Waals surface area contributed by atoms with Crippen LogP contribution in [-0.4, -0.2) is 45.9 Å². The number of carbonyl (C=O) groups is 3. The Morgan fingerprint density at radius 3 is 2.61 bits per heavy atom. The van der Waals surface area contributed by atoms with E-state index in [2.05, 4.69) is 5.32 Å². The summed E-state index contributed by atoms with van der Waals surface area (Å²) < 4.78 is 5.12. The average Bonchev–Trinajstić information content (AvgIpc) is 2.99. The van der Waals surface area contributed by atoms with Gasteiger partial charge in [0, 0.05) is 11.4 Å². The number of nitrogen functional groups attached to an aromatic ring is 1. The van der Waals surface area contributed by atoms with Crippen LogP contribution in [0.3, 0.4) is 0 Å².